The molecule has 1 aromatic rings. The number of halogens is 1. The molecule has 0 radical (unpaired) electrons. The Balaban J connectivity index is 2.00. The molecule has 0 spiro atoms. The maximum Gasteiger partial charge on any atom is 0.127 e. The number of nitrogens with one attached hydrogen (secondary N) is 1. The molecule has 0 saturated carbocycles. The topological polar surface area (TPSA) is 21.3 Å². The van der Waals surface area contributed by atoms with Crippen molar-refractivity contribution in [2.75, 3.05) is 13.2 Å². The highest BCUT2D eigenvalue weighted by molar-refractivity contribution is 5.26. The molecule has 2 unspecified atom stereocenters. The molecule has 2 nitrogen and oxygen atoms in total. The smallest absolute Gasteiger partial charge is 0.127 e. The van der Waals surface area contributed by atoms with Crippen molar-refractivity contribution in [2.24, 2.45) is 0 Å². The average molecular weight is 279 g/mol. The number of hydrogen-bond donors (Lipinski definition) is 1. The third-order valence-electron chi connectivity index (χ3n) is 4.03. The molecule has 1 aliphatic heterocycles. The molecule has 3 heteroatoms. The maximum atomic E-state index is 14.0. The molecular weight excluding hydrogens is 253 g/mol. The van der Waals surface area contributed by atoms with E-state index in [0.717, 1.165) is 43.5 Å². The van der Waals surface area contributed by atoms with Crippen molar-refractivity contribution in [3.63, 3.8) is 0 Å². The standard InChI is InChI=1S/C17H26FNO/c1-3-19-17(10-8-14-6-4-5-11-20-14)15-12-13(2)7-9-16(15)18/h7,9,12,14,17,19H,3-6,8,10-11H2,1-2H3. The summed E-state index contributed by atoms with van der Waals surface area (Å²) in [5, 5.41) is 3.41. The van der Waals surface area contributed by atoms with E-state index in [0.29, 0.717) is 6.10 Å². The second-order valence-corrected chi connectivity index (χ2v) is 5.70. The lowest BCUT2D eigenvalue weighted by Crippen LogP contribution is -2.25. The van der Waals surface area contributed by atoms with Crippen molar-refractivity contribution in [2.45, 2.75) is 58.1 Å². The van der Waals surface area contributed by atoms with Crippen LogP contribution in [0.1, 0.15) is 56.2 Å². The van der Waals surface area contributed by atoms with Gasteiger partial charge in [-0.15, -0.1) is 0 Å². The van der Waals surface area contributed by atoms with Crippen molar-refractivity contribution >= 4 is 0 Å². The Morgan fingerprint density at radius 2 is 2.25 bits per heavy atom. The van der Waals surface area contributed by atoms with Crippen molar-refractivity contribution in [1.82, 2.24) is 5.32 Å². The van der Waals surface area contributed by atoms with Crippen LogP contribution in [0.2, 0.25) is 0 Å². The van der Waals surface area contributed by atoms with Crippen LogP contribution < -0.4 is 5.32 Å². The molecule has 1 fully saturated rings. The second kappa shape index (κ2) is 7.75. The number of benzene rings is 1. The van der Waals surface area contributed by atoms with Gasteiger partial charge in [0.2, 0.25) is 0 Å². The highest BCUT2D eigenvalue weighted by atomic mass is 19.1. The zero-order valence-electron chi connectivity index (χ0n) is 12.6. The lowest BCUT2D eigenvalue weighted by atomic mass is 9.96. The Bertz CT molecular complexity index is 415. The van der Waals surface area contributed by atoms with Crippen LogP contribution in [0, 0.1) is 12.7 Å². The first-order chi connectivity index (χ1) is 9.70. The first kappa shape index (κ1) is 15.5. The molecule has 1 heterocycles. The van der Waals surface area contributed by atoms with Crippen LogP contribution in [0.25, 0.3) is 0 Å². The summed E-state index contributed by atoms with van der Waals surface area (Å²) >= 11 is 0. The van der Waals surface area contributed by atoms with Gasteiger partial charge in [0.1, 0.15) is 5.82 Å². The van der Waals surface area contributed by atoms with Gasteiger partial charge in [-0.25, -0.2) is 4.39 Å². The molecule has 1 aliphatic rings. The zero-order valence-corrected chi connectivity index (χ0v) is 12.6. The van der Waals surface area contributed by atoms with Crippen LogP contribution in [0.5, 0.6) is 0 Å². The van der Waals surface area contributed by atoms with Gasteiger partial charge in [-0.05, 0) is 51.6 Å². The summed E-state index contributed by atoms with van der Waals surface area (Å²) in [6.45, 7) is 5.81. The van der Waals surface area contributed by atoms with E-state index in [1.165, 1.54) is 12.8 Å². The molecule has 2 atom stereocenters. The first-order valence-corrected chi connectivity index (χ1v) is 7.81. The summed E-state index contributed by atoms with van der Waals surface area (Å²) in [5.41, 5.74) is 1.90. The maximum absolute atomic E-state index is 14.0. The molecule has 0 amide bonds. The lowest BCUT2D eigenvalue weighted by molar-refractivity contribution is 0.00851. The Kier molecular flexibility index (Phi) is 5.99. The van der Waals surface area contributed by atoms with E-state index in [9.17, 15) is 4.39 Å². The van der Waals surface area contributed by atoms with Gasteiger partial charge in [-0.2, -0.15) is 0 Å². The van der Waals surface area contributed by atoms with Crippen LogP contribution in [0.3, 0.4) is 0 Å². The molecule has 0 bridgehead atoms. The fourth-order valence-electron chi connectivity index (χ4n) is 2.93. The third kappa shape index (κ3) is 4.29. The van der Waals surface area contributed by atoms with Crippen LogP contribution in [-0.4, -0.2) is 19.3 Å². The van der Waals surface area contributed by atoms with Gasteiger partial charge in [-0.3, -0.25) is 0 Å². The van der Waals surface area contributed by atoms with E-state index < -0.39 is 0 Å². The van der Waals surface area contributed by atoms with E-state index >= 15 is 0 Å². The predicted octanol–water partition coefficient (Wildman–Crippen LogP) is 4.13. The molecule has 20 heavy (non-hydrogen) atoms. The Morgan fingerprint density at radius 1 is 1.40 bits per heavy atom. The lowest BCUT2D eigenvalue weighted by Gasteiger charge is -2.26. The summed E-state index contributed by atoms with van der Waals surface area (Å²) in [4.78, 5) is 0. The summed E-state index contributed by atoms with van der Waals surface area (Å²) < 4.78 is 19.8. The second-order valence-electron chi connectivity index (χ2n) is 5.70. The highest BCUT2D eigenvalue weighted by Crippen LogP contribution is 2.26. The number of aryl methyl sites for hydroxylation is 1. The molecule has 1 N–H and O–H groups in total. The molecule has 0 aliphatic carbocycles. The Hall–Kier alpha value is -0.930. The molecule has 1 saturated heterocycles. The van der Waals surface area contributed by atoms with E-state index in [-0.39, 0.29) is 11.9 Å². The summed E-state index contributed by atoms with van der Waals surface area (Å²) in [6, 6.07) is 5.45. The highest BCUT2D eigenvalue weighted by Gasteiger charge is 2.19. The molecule has 112 valence electrons. The summed E-state index contributed by atoms with van der Waals surface area (Å²) in [5.74, 6) is -0.105. The minimum absolute atomic E-state index is 0.0884. The van der Waals surface area contributed by atoms with E-state index in [4.69, 9.17) is 4.74 Å². The summed E-state index contributed by atoms with van der Waals surface area (Å²) in [7, 11) is 0. The van der Waals surface area contributed by atoms with Crippen LogP contribution in [-0.2, 0) is 4.74 Å². The Labute approximate surface area is 121 Å². The SMILES string of the molecule is CCNC(CCC1CCCCO1)c1cc(C)ccc1F. The van der Waals surface area contributed by atoms with E-state index in [1.807, 2.05) is 19.1 Å². The van der Waals surface area contributed by atoms with E-state index in [1.54, 1.807) is 6.07 Å². The number of rotatable bonds is 6. The quantitative estimate of drug-likeness (QED) is 0.845. The van der Waals surface area contributed by atoms with Crippen LogP contribution >= 0.6 is 0 Å². The van der Waals surface area contributed by atoms with Gasteiger partial charge in [0.25, 0.3) is 0 Å². The monoisotopic (exact) mass is 279 g/mol. The molecule has 0 aromatic heterocycles. The van der Waals surface area contributed by atoms with Gasteiger partial charge < -0.3 is 10.1 Å². The van der Waals surface area contributed by atoms with E-state index in [2.05, 4.69) is 12.2 Å². The largest absolute Gasteiger partial charge is 0.378 e. The van der Waals surface area contributed by atoms with Gasteiger partial charge in [0, 0.05) is 18.2 Å². The van der Waals surface area contributed by atoms with Gasteiger partial charge in [0.15, 0.2) is 0 Å². The fourth-order valence-corrected chi connectivity index (χ4v) is 2.93. The van der Waals surface area contributed by atoms with Crippen molar-refractivity contribution in [3.05, 3.63) is 35.1 Å². The van der Waals surface area contributed by atoms with Crippen LogP contribution in [0.4, 0.5) is 4.39 Å². The Morgan fingerprint density at radius 3 is 2.95 bits per heavy atom. The number of ether oxygens (including phenoxy) is 1. The number of hydrogen-bond acceptors (Lipinski definition) is 2. The van der Waals surface area contributed by atoms with Gasteiger partial charge in [0.05, 0.1) is 6.10 Å². The zero-order chi connectivity index (χ0) is 14.4. The predicted molar refractivity (Wildman–Crippen MR) is 80.4 cm³/mol. The normalized spacial score (nSPS) is 20.9. The van der Waals surface area contributed by atoms with Crippen molar-refractivity contribution in [1.29, 1.82) is 0 Å². The van der Waals surface area contributed by atoms with Crippen LogP contribution in [0.15, 0.2) is 18.2 Å². The minimum Gasteiger partial charge on any atom is -0.378 e. The van der Waals surface area contributed by atoms with Gasteiger partial charge in [-0.1, -0.05) is 24.6 Å². The van der Waals surface area contributed by atoms with Gasteiger partial charge >= 0.3 is 0 Å². The fraction of sp³-hybridized carbons (Fsp3) is 0.647. The first-order valence-electron chi connectivity index (χ1n) is 7.81. The van der Waals surface area contributed by atoms with Crippen molar-refractivity contribution in [3.8, 4) is 0 Å². The molecule has 2 rings (SSSR count). The third-order valence-corrected chi connectivity index (χ3v) is 4.03. The average Bonchev–Trinajstić information content (AvgIpc) is 2.47. The molecular formula is C17H26FNO. The summed E-state index contributed by atoms with van der Waals surface area (Å²) in [6.07, 6.45) is 5.88. The molecule has 1 aromatic carbocycles. The minimum atomic E-state index is -0.105. The van der Waals surface area contributed by atoms with Crippen molar-refractivity contribution < 1.29 is 9.13 Å².